The van der Waals surface area contributed by atoms with Crippen LogP contribution in [0.5, 0.6) is 11.5 Å². The van der Waals surface area contributed by atoms with Crippen LogP contribution in [0.4, 0.5) is 0 Å². The van der Waals surface area contributed by atoms with Gasteiger partial charge in [0.1, 0.15) is 11.5 Å². The highest BCUT2D eigenvalue weighted by atomic mass is 32.2. The molecule has 194 valence electrons. The van der Waals surface area contributed by atoms with Crippen molar-refractivity contribution in [3.8, 4) is 11.5 Å². The Morgan fingerprint density at radius 3 is 2.72 bits per heavy atom. The minimum absolute atomic E-state index is 0.200. The Hall–Kier alpha value is -2.32. The van der Waals surface area contributed by atoms with Crippen LogP contribution in [0.15, 0.2) is 59.6 Å². The number of hydrogen-bond acceptors (Lipinski definition) is 7. The number of thioether (sulfide) groups is 1. The molecule has 1 fully saturated rings. The average molecular weight is 511 g/mol. The number of rotatable bonds is 12. The Labute approximate surface area is 218 Å². The monoisotopic (exact) mass is 510 g/mol. The van der Waals surface area contributed by atoms with Gasteiger partial charge in [-0.1, -0.05) is 6.07 Å². The number of nitrogens with zero attached hydrogens (tertiary/aromatic N) is 2. The number of hydrogen-bond donors (Lipinski definition) is 2. The molecule has 6 nitrogen and oxygen atoms in total. The number of fused-ring (bicyclic) bond motifs is 1. The average Bonchev–Trinajstić information content (AvgIpc) is 2.93. The van der Waals surface area contributed by atoms with Gasteiger partial charge in [-0.15, -0.1) is 11.8 Å². The first-order valence-corrected chi connectivity index (χ1v) is 13.8. The quantitative estimate of drug-likeness (QED) is 0.257. The zero-order chi connectivity index (χ0) is 25.3. The van der Waals surface area contributed by atoms with Gasteiger partial charge >= 0.3 is 0 Å². The molecule has 0 bridgehead atoms. The summed E-state index contributed by atoms with van der Waals surface area (Å²) >= 11 is 1.86. The fourth-order valence-corrected chi connectivity index (χ4v) is 6.09. The highest BCUT2D eigenvalue weighted by Gasteiger charge is 2.29. The molecule has 1 aliphatic rings. The van der Waals surface area contributed by atoms with Gasteiger partial charge in [-0.2, -0.15) is 0 Å². The molecule has 0 aliphatic carbocycles. The number of aliphatic hydroxyl groups is 2. The first-order valence-electron chi connectivity index (χ1n) is 12.8. The Bertz CT molecular complexity index is 1110. The van der Waals surface area contributed by atoms with E-state index in [1.807, 2.05) is 48.2 Å². The molecule has 0 amide bonds. The molecule has 0 saturated carbocycles. The number of pyridine rings is 1. The van der Waals surface area contributed by atoms with Crippen LogP contribution >= 0.6 is 11.8 Å². The maximum atomic E-state index is 11.0. The van der Waals surface area contributed by atoms with Crippen molar-refractivity contribution < 1.29 is 19.7 Å². The lowest BCUT2D eigenvalue weighted by atomic mass is 9.81. The third-order valence-electron chi connectivity index (χ3n) is 7.29. The molecule has 3 aromatic rings. The van der Waals surface area contributed by atoms with Gasteiger partial charge in [-0.3, -0.25) is 4.98 Å². The minimum atomic E-state index is -0.561. The number of aromatic nitrogens is 1. The summed E-state index contributed by atoms with van der Waals surface area (Å²) in [6.07, 6.45) is 4.95. The van der Waals surface area contributed by atoms with Gasteiger partial charge in [0.15, 0.2) is 0 Å². The molecule has 3 atom stereocenters. The minimum Gasteiger partial charge on any atom is -0.497 e. The highest BCUT2D eigenvalue weighted by molar-refractivity contribution is 7.99. The van der Waals surface area contributed by atoms with Crippen LogP contribution in [0.2, 0.25) is 0 Å². The van der Waals surface area contributed by atoms with Gasteiger partial charge < -0.3 is 24.6 Å². The molecule has 2 aromatic carbocycles. The van der Waals surface area contributed by atoms with Crippen LogP contribution in [0.3, 0.4) is 0 Å². The van der Waals surface area contributed by atoms with Crippen molar-refractivity contribution in [2.24, 2.45) is 11.8 Å². The SMILES string of the molecule is COc1cccc(SCCCN2CC[C@@H](CCC(O)c3ccnc4ccc(OC)cc34)[C@@H](CO)C2)c1. The van der Waals surface area contributed by atoms with Gasteiger partial charge in [0.2, 0.25) is 0 Å². The fourth-order valence-electron chi connectivity index (χ4n) is 5.21. The van der Waals surface area contributed by atoms with Gasteiger partial charge in [0.05, 0.1) is 25.8 Å². The fraction of sp³-hybridized carbons (Fsp3) is 0.483. The van der Waals surface area contributed by atoms with Crippen molar-refractivity contribution in [1.82, 2.24) is 9.88 Å². The van der Waals surface area contributed by atoms with E-state index in [1.54, 1.807) is 20.4 Å². The lowest BCUT2D eigenvalue weighted by Gasteiger charge is -2.38. The van der Waals surface area contributed by atoms with E-state index in [4.69, 9.17) is 9.47 Å². The summed E-state index contributed by atoms with van der Waals surface area (Å²) in [5.74, 6) is 3.41. The largest absolute Gasteiger partial charge is 0.497 e. The molecule has 36 heavy (non-hydrogen) atoms. The van der Waals surface area contributed by atoms with E-state index >= 15 is 0 Å². The number of methoxy groups -OCH3 is 2. The molecule has 1 saturated heterocycles. The lowest BCUT2D eigenvalue weighted by Crippen LogP contribution is -2.42. The first-order chi connectivity index (χ1) is 17.6. The maximum absolute atomic E-state index is 11.0. The molecular weight excluding hydrogens is 472 g/mol. The predicted octanol–water partition coefficient (Wildman–Crippen LogP) is 5.18. The Balaban J connectivity index is 1.25. The van der Waals surface area contributed by atoms with E-state index in [2.05, 4.69) is 22.0 Å². The van der Waals surface area contributed by atoms with Crippen LogP contribution in [-0.2, 0) is 0 Å². The van der Waals surface area contributed by atoms with E-state index in [9.17, 15) is 10.2 Å². The van der Waals surface area contributed by atoms with Crippen LogP contribution in [0, 0.1) is 11.8 Å². The summed E-state index contributed by atoms with van der Waals surface area (Å²) < 4.78 is 10.7. The number of piperidine rings is 1. The van der Waals surface area contributed by atoms with E-state index in [0.29, 0.717) is 12.3 Å². The smallest absolute Gasteiger partial charge is 0.119 e. The summed E-state index contributed by atoms with van der Waals surface area (Å²) in [7, 11) is 3.35. The molecule has 7 heteroatoms. The van der Waals surface area contributed by atoms with Crippen LogP contribution in [0.25, 0.3) is 10.9 Å². The first kappa shape index (κ1) is 26.7. The van der Waals surface area contributed by atoms with Crippen LogP contribution in [-0.4, -0.2) is 66.3 Å². The molecule has 4 rings (SSSR count). The van der Waals surface area contributed by atoms with Gasteiger partial charge in [-0.05, 0) is 104 Å². The van der Waals surface area contributed by atoms with Crippen LogP contribution in [0.1, 0.15) is 37.4 Å². The lowest BCUT2D eigenvalue weighted by molar-refractivity contribution is 0.0581. The topological polar surface area (TPSA) is 75.1 Å². The molecule has 0 radical (unpaired) electrons. The maximum Gasteiger partial charge on any atom is 0.119 e. The van der Waals surface area contributed by atoms with Crippen molar-refractivity contribution in [2.45, 2.75) is 36.7 Å². The zero-order valence-corrected chi connectivity index (χ0v) is 22.1. The van der Waals surface area contributed by atoms with Gasteiger partial charge in [0.25, 0.3) is 0 Å². The van der Waals surface area contributed by atoms with Crippen LogP contribution < -0.4 is 9.47 Å². The van der Waals surface area contributed by atoms with Gasteiger partial charge in [0, 0.05) is 29.6 Å². The summed E-state index contributed by atoms with van der Waals surface area (Å²) in [6, 6.07) is 15.9. The molecule has 1 aliphatic heterocycles. The van der Waals surface area contributed by atoms with Crippen molar-refractivity contribution in [3.63, 3.8) is 0 Å². The van der Waals surface area contributed by atoms with E-state index in [1.165, 1.54) is 4.90 Å². The number of benzene rings is 2. The zero-order valence-electron chi connectivity index (χ0n) is 21.3. The van der Waals surface area contributed by atoms with E-state index in [-0.39, 0.29) is 12.5 Å². The van der Waals surface area contributed by atoms with Gasteiger partial charge in [-0.25, -0.2) is 0 Å². The normalized spacial score (nSPS) is 19.3. The van der Waals surface area contributed by atoms with Crippen molar-refractivity contribution >= 4 is 22.7 Å². The Morgan fingerprint density at radius 2 is 1.92 bits per heavy atom. The van der Waals surface area contributed by atoms with Crippen molar-refractivity contribution in [3.05, 3.63) is 60.3 Å². The number of likely N-dealkylation sites (tertiary alicyclic amines) is 1. The van der Waals surface area contributed by atoms with E-state index in [0.717, 1.165) is 72.6 Å². The molecule has 1 unspecified atom stereocenters. The van der Waals surface area contributed by atoms with Crippen molar-refractivity contribution in [2.75, 3.05) is 46.2 Å². The van der Waals surface area contributed by atoms with E-state index < -0.39 is 6.10 Å². The highest BCUT2D eigenvalue weighted by Crippen LogP contribution is 2.33. The third-order valence-corrected chi connectivity index (χ3v) is 8.37. The molecule has 0 spiro atoms. The second kappa shape index (κ2) is 13.3. The summed E-state index contributed by atoms with van der Waals surface area (Å²) in [5, 5.41) is 22.1. The molecule has 2 N–H and O–H groups in total. The summed E-state index contributed by atoms with van der Waals surface area (Å²) in [5.41, 5.74) is 1.75. The number of ether oxygens (including phenoxy) is 2. The molecule has 1 aromatic heterocycles. The standard InChI is InChI=1S/C29H38N2O4S/c1-34-23-5-3-6-25(17-23)36-16-4-14-31-15-12-21(22(19-31)20-32)7-10-29(33)26-11-13-30-28-9-8-24(35-2)18-27(26)28/h3,5-6,8-9,11,13,17-18,21-22,29,32-33H,4,7,10,12,14-16,19-20H2,1-2H3/t21-,22-,29?/m1/s1. The second-order valence-electron chi connectivity index (χ2n) is 9.55. The second-order valence-corrected chi connectivity index (χ2v) is 10.7. The number of aliphatic hydroxyl groups excluding tert-OH is 2. The molecule has 2 heterocycles. The predicted molar refractivity (Wildman–Crippen MR) is 146 cm³/mol. The van der Waals surface area contributed by atoms with Crippen molar-refractivity contribution in [1.29, 1.82) is 0 Å². The Kier molecular flexibility index (Phi) is 9.87. The Morgan fingerprint density at radius 1 is 1.08 bits per heavy atom. The summed E-state index contributed by atoms with van der Waals surface area (Å²) in [4.78, 5) is 8.15. The molecular formula is C29H38N2O4S. The summed E-state index contributed by atoms with van der Waals surface area (Å²) in [6.45, 7) is 3.23. The third kappa shape index (κ3) is 6.91.